The van der Waals surface area contributed by atoms with Crippen LogP contribution in [0.5, 0.6) is 0 Å². The lowest BCUT2D eigenvalue weighted by Crippen LogP contribution is -1.96. The molecule has 25 heavy (non-hydrogen) atoms. The zero-order valence-corrected chi connectivity index (χ0v) is 18.2. The van der Waals surface area contributed by atoms with Gasteiger partial charge in [-0.3, -0.25) is 9.59 Å². The van der Waals surface area contributed by atoms with Crippen molar-refractivity contribution in [2.75, 3.05) is 23.0 Å². The van der Waals surface area contributed by atoms with Crippen molar-refractivity contribution in [3.05, 3.63) is 48.1 Å². The second-order valence-electron chi connectivity index (χ2n) is 5.41. The van der Waals surface area contributed by atoms with Crippen LogP contribution in [-0.2, 0) is 9.59 Å². The first-order valence-electron chi connectivity index (χ1n) is 7.83. The first-order valence-corrected chi connectivity index (χ1v) is 11.8. The fourth-order valence-corrected chi connectivity index (χ4v) is 5.43. The van der Waals surface area contributed by atoms with Gasteiger partial charge in [0, 0.05) is 32.8 Å². The molecule has 0 saturated heterocycles. The van der Waals surface area contributed by atoms with E-state index in [9.17, 15) is 9.59 Å². The Balaban J connectivity index is 2.44. The zero-order chi connectivity index (χ0) is 18.8. The molecule has 0 aliphatic heterocycles. The van der Waals surface area contributed by atoms with E-state index in [0.29, 0.717) is 11.1 Å². The summed E-state index contributed by atoms with van der Waals surface area (Å²) in [5, 5.41) is 0.145. The Hall–Kier alpha value is -0.560. The highest BCUT2D eigenvalue weighted by Crippen LogP contribution is 2.31. The molecule has 0 saturated carbocycles. The van der Waals surface area contributed by atoms with E-state index in [0.717, 1.165) is 23.0 Å². The molecule has 0 aliphatic rings. The van der Waals surface area contributed by atoms with Crippen LogP contribution >= 0.6 is 47.0 Å². The predicted octanol–water partition coefficient (Wildman–Crippen LogP) is 5.85. The minimum atomic E-state index is 0.0726. The van der Waals surface area contributed by atoms with E-state index in [1.165, 1.54) is 38.9 Å². The average molecular weight is 413 g/mol. The second kappa shape index (κ2) is 11.9. The number of carbonyl (C=O) groups is 2. The van der Waals surface area contributed by atoms with Crippen LogP contribution in [0.3, 0.4) is 0 Å². The van der Waals surface area contributed by atoms with Gasteiger partial charge >= 0.3 is 0 Å². The van der Waals surface area contributed by atoms with E-state index in [4.69, 9.17) is 0 Å². The van der Waals surface area contributed by atoms with Gasteiger partial charge in [0.15, 0.2) is 0 Å². The van der Waals surface area contributed by atoms with E-state index in [2.05, 4.69) is 38.3 Å². The first-order chi connectivity index (χ1) is 11.8. The molecule has 6 heteroatoms. The van der Waals surface area contributed by atoms with Gasteiger partial charge in [0.1, 0.15) is 0 Å². The molecule has 0 radical (unpaired) electrons. The molecule has 0 bridgehead atoms. The molecular weight excluding hydrogens is 388 g/mol. The zero-order valence-electron chi connectivity index (χ0n) is 14.9. The second-order valence-corrected chi connectivity index (χ2v) is 9.82. The third-order valence-corrected chi connectivity index (χ3v) is 7.96. The standard InChI is InChI=1S/C19H24O2S4/c1-13(2)18(20)24-11-9-22-16-7-6-8-17(15(16)5)23-10-12-25-19(21)14(3)4/h6-8H,1,3,9-12H2,2,4-5H3. The summed E-state index contributed by atoms with van der Waals surface area (Å²) < 4.78 is 0. The highest BCUT2D eigenvalue weighted by atomic mass is 32.2. The summed E-state index contributed by atoms with van der Waals surface area (Å²) in [6.07, 6.45) is 0. The monoisotopic (exact) mass is 412 g/mol. The van der Waals surface area contributed by atoms with Crippen molar-refractivity contribution in [1.82, 2.24) is 0 Å². The first kappa shape index (κ1) is 22.5. The van der Waals surface area contributed by atoms with Crippen molar-refractivity contribution >= 4 is 57.3 Å². The summed E-state index contributed by atoms with van der Waals surface area (Å²) in [5.41, 5.74) is 2.48. The lowest BCUT2D eigenvalue weighted by molar-refractivity contribution is -0.108. The van der Waals surface area contributed by atoms with Gasteiger partial charge in [-0.1, -0.05) is 42.7 Å². The molecule has 0 fully saturated rings. The van der Waals surface area contributed by atoms with Gasteiger partial charge in [-0.25, -0.2) is 0 Å². The third kappa shape index (κ3) is 8.58. The van der Waals surface area contributed by atoms with Crippen molar-refractivity contribution in [3.8, 4) is 0 Å². The number of carbonyl (C=O) groups excluding carboxylic acids is 2. The van der Waals surface area contributed by atoms with Crippen LogP contribution in [0.15, 0.2) is 52.3 Å². The quantitative estimate of drug-likeness (QED) is 0.272. The topological polar surface area (TPSA) is 34.1 Å². The summed E-state index contributed by atoms with van der Waals surface area (Å²) in [6.45, 7) is 13.0. The van der Waals surface area contributed by atoms with E-state index in [1.54, 1.807) is 37.4 Å². The van der Waals surface area contributed by atoms with Gasteiger partial charge in [-0.2, -0.15) is 0 Å². The third-order valence-electron chi connectivity index (χ3n) is 3.08. The SMILES string of the molecule is C=C(C)C(=O)SCCSc1cccc(SCCSC(=O)C(=C)C)c1C. The molecule has 0 aliphatic carbocycles. The molecule has 2 nitrogen and oxygen atoms in total. The fraction of sp³-hybridized carbons (Fsp3) is 0.368. The summed E-state index contributed by atoms with van der Waals surface area (Å²) >= 11 is 6.21. The maximum Gasteiger partial charge on any atom is 0.214 e. The number of hydrogen-bond donors (Lipinski definition) is 0. The van der Waals surface area contributed by atoms with Crippen LogP contribution in [0.1, 0.15) is 19.4 Å². The van der Waals surface area contributed by atoms with E-state index >= 15 is 0 Å². The number of thioether (sulfide) groups is 4. The van der Waals surface area contributed by atoms with Gasteiger partial charge in [0.2, 0.25) is 10.2 Å². The highest BCUT2D eigenvalue weighted by molar-refractivity contribution is 8.15. The minimum absolute atomic E-state index is 0.0726. The lowest BCUT2D eigenvalue weighted by atomic mass is 10.2. The Kier molecular flexibility index (Phi) is 10.7. The van der Waals surface area contributed by atoms with Gasteiger partial charge in [0.25, 0.3) is 0 Å². The number of rotatable bonds is 10. The minimum Gasteiger partial charge on any atom is -0.282 e. The Bertz CT molecular complexity index is 601. The summed E-state index contributed by atoms with van der Waals surface area (Å²) in [7, 11) is 0. The van der Waals surface area contributed by atoms with Crippen LogP contribution < -0.4 is 0 Å². The van der Waals surface area contributed by atoms with Gasteiger partial charge < -0.3 is 0 Å². The normalized spacial score (nSPS) is 10.5. The molecule has 136 valence electrons. The number of benzene rings is 1. The maximum atomic E-state index is 11.5. The van der Waals surface area contributed by atoms with Crippen LogP contribution in [0, 0.1) is 6.92 Å². The van der Waals surface area contributed by atoms with Gasteiger partial charge in [-0.15, -0.1) is 23.5 Å². The molecule has 0 heterocycles. The van der Waals surface area contributed by atoms with Crippen molar-refractivity contribution in [2.45, 2.75) is 30.6 Å². The maximum absolute atomic E-state index is 11.5. The van der Waals surface area contributed by atoms with Crippen LogP contribution in [-0.4, -0.2) is 33.2 Å². The Morgan fingerprint density at radius 2 is 1.24 bits per heavy atom. The molecule has 0 aromatic heterocycles. The van der Waals surface area contributed by atoms with Crippen molar-refractivity contribution in [1.29, 1.82) is 0 Å². The Morgan fingerprint density at radius 1 is 0.840 bits per heavy atom. The molecule has 0 atom stereocenters. The summed E-state index contributed by atoms with van der Waals surface area (Å²) in [5.74, 6) is 3.35. The fourth-order valence-electron chi connectivity index (χ4n) is 1.73. The smallest absolute Gasteiger partial charge is 0.214 e. The molecule has 1 rings (SSSR count). The molecule has 1 aromatic rings. The highest BCUT2D eigenvalue weighted by Gasteiger charge is 2.08. The van der Waals surface area contributed by atoms with Gasteiger partial charge in [0.05, 0.1) is 0 Å². The molecule has 1 aromatic carbocycles. The van der Waals surface area contributed by atoms with Crippen molar-refractivity contribution in [3.63, 3.8) is 0 Å². The largest absolute Gasteiger partial charge is 0.282 e. The lowest BCUT2D eigenvalue weighted by Gasteiger charge is -2.10. The van der Waals surface area contributed by atoms with Crippen LogP contribution in [0.4, 0.5) is 0 Å². The summed E-state index contributed by atoms with van der Waals surface area (Å²) in [6, 6.07) is 6.30. The molecular formula is C19H24O2S4. The van der Waals surface area contributed by atoms with E-state index in [1.807, 2.05) is 0 Å². The Labute approximate surface area is 168 Å². The van der Waals surface area contributed by atoms with Crippen LogP contribution in [0.25, 0.3) is 0 Å². The Morgan fingerprint density at radius 3 is 1.60 bits per heavy atom. The van der Waals surface area contributed by atoms with Gasteiger partial charge in [-0.05, 0) is 49.6 Å². The molecule has 0 N–H and O–H groups in total. The molecule has 0 unspecified atom stereocenters. The molecule has 0 spiro atoms. The molecule has 0 amide bonds. The van der Waals surface area contributed by atoms with Crippen LogP contribution in [0.2, 0.25) is 0 Å². The van der Waals surface area contributed by atoms with Crippen molar-refractivity contribution < 1.29 is 9.59 Å². The predicted molar refractivity (Wildman–Crippen MR) is 117 cm³/mol. The van der Waals surface area contributed by atoms with E-state index < -0.39 is 0 Å². The van der Waals surface area contributed by atoms with Crippen molar-refractivity contribution in [2.24, 2.45) is 0 Å². The van der Waals surface area contributed by atoms with E-state index in [-0.39, 0.29) is 10.2 Å². The summed E-state index contributed by atoms with van der Waals surface area (Å²) in [4.78, 5) is 25.6. The average Bonchev–Trinajstić information content (AvgIpc) is 2.57. The number of hydrogen-bond acceptors (Lipinski definition) is 6.